The van der Waals surface area contributed by atoms with E-state index in [-0.39, 0.29) is 11.6 Å². The number of carbonyl (C=O) groups is 3. The summed E-state index contributed by atoms with van der Waals surface area (Å²) in [6.45, 7) is 3.96. The molecule has 0 aromatic heterocycles. The minimum Gasteiger partial charge on any atom is -0.497 e. The van der Waals surface area contributed by atoms with Crippen LogP contribution in [0.25, 0.3) is 6.08 Å². The molecule has 9 heteroatoms. The third-order valence-electron chi connectivity index (χ3n) is 7.62. The molecule has 0 saturated heterocycles. The van der Waals surface area contributed by atoms with Crippen molar-refractivity contribution >= 4 is 46.9 Å². The summed E-state index contributed by atoms with van der Waals surface area (Å²) in [4.78, 5) is 41.3. The molecule has 0 heterocycles. The summed E-state index contributed by atoms with van der Waals surface area (Å²) in [5.74, 6) is -0.0627. The first kappa shape index (κ1) is 34.5. The molecule has 5 rings (SSSR count). The Bertz CT molecular complexity index is 1960. The van der Waals surface area contributed by atoms with Gasteiger partial charge in [-0.15, -0.1) is 11.8 Å². The molecule has 0 bridgehead atoms. The minimum absolute atomic E-state index is 0.00566. The molecule has 1 unspecified atom stereocenters. The number of thioether (sulfide) groups is 1. The fourth-order valence-electron chi connectivity index (χ4n) is 4.97. The van der Waals surface area contributed by atoms with Gasteiger partial charge in [0.2, 0.25) is 5.91 Å². The maximum Gasteiger partial charge on any atom is 0.272 e. The fourth-order valence-corrected chi connectivity index (χ4v) is 6.00. The highest BCUT2D eigenvalue weighted by Crippen LogP contribution is 2.37. The van der Waals surface area contributed by atoms with Gasteiger partial charge in [-0.1, -0.05) is 60.7 Å². The van der Waals surface area contributed by atoms with E-state index in [1.54, 1.807) is 67.8 Å². The second-order valence-electron chi connectivity index (χ2n) is 11.2. The van der Waals surface area contributed by atoms with Crippen molar-refractivity contribution in [3.05, 3.63) is 155 Å². The maximum atomic E-state index is 13.7. The Balaban J connectivity index is 1.37. The molecule has 5 aromatic carbocycles. The summed E-state index contributed by atoms with van der Waals surface area (Å²) in [5, 5.41) is 8.22. The molecule has 248 valence electrons. The zero-order valence-corrected chi connectivity index (χ0v) is 28.5. The maximum absolute atomic E-state index is 13.7. The number of benzene rings is 5. The van der Waals surface area contributed by atoms with Crippen LogP contribution >= 0.6 is 11.8 Å². The molecule has 0 radical (unpaired) electrons. The molecule has 49 heavy (non-hydrogen) atoms. The van der Waals surface area contributed by atoms with Gasteiger partial charge in [0.1, 0.15) is 22.4 Å². The Hall–Kier alpha value is -5.80. The number of amides is 3. The third-order valence-corrected chi connectivity index (χ3v) is 8.89. The number of hydrogen-bond donors (Lipinski definition) is 3. The monoisotopic (exact) mass is 671 g/mol. The topological polar surface area (TPSA) is 106 Å². The molecule has 1 atom stereocenters. The van der Waals surface area contributed by atoms with Crippen LogP contribution in [0.4, 0.5) is 11.4 Å². The fraction of sp³-hybridized carbons (Fsp3) is 0.125. The number of aryl methyl sites for hydroxylation is 2. The SMILES string of the molecule is COc1ccc(OC)c(/C=C(\NC(=O)c2ccccc2)C(=O)Nc2ccc(SC(C(=O)Nc3cc(C)ccc3C)c3ccccc3)cc2)c1. The Labute approximate surface area is 290 Å². The molecule has 0 aliphatic rings. The van der Waals surface area contributed by atoms with Crippen LogP contribution in [0.3, 0.4) is 0 Å². The van der Waals surface area contributed by atoms with Crippen molar-refractivity contribution in [1.82, 2.24) is 5.32 Å². The van der Waals surface area contributed by atoms with Gasteiger partial charge in [0.05, 0.1) is 14.2 Å². The van der Waals surface area contributed by atoms with E-state index >= 15 is 0 Å². The van der Waals surface area contributed by atoms with E-state index in [0.29, 0.717) is 28.3 Å². The van der Waals surface area contributed by atoms with E-state index in [4.69, 9.17) is 9.47 Å². The number of methoxy groups -OCH3 is 2. The van der Waals surface area contributed by atoms with Crippen molar-refractivity contribution in [2.75, 3.05) is 24.9 Å². The first-order chi connectivity index (χ1) is 23.7. The average molecular weight is 672 g/mol. The van der Waals surface area contributed by atoms with Crippen LogP contribution in [0, 0.1) is 13.8 Å². The van der Waals surface area contributed by atoms with Crippen LogP contribution in [0.1, 0.15) is 37.9 Å². The summed E-state index contributed by atoms with van der Waals surface area (Å²) in [5.41, 5.74) is 5.13. The van der Waals surface area contributed by atoms with Gasteiger partial charge in [-0.25, -0.2) is 0 Å². The Morgan fingerprint density at radius 2 is 1.43 bits per heavy atom. The lowest BCUT2D eigenvalue weighted by atomic mass is 10.1. The van der Waals surface area contributed by atoms with E-state index in [0.717, 1.165) is 27.3 Å². The minimum atomic E-state index is -0.537. The van der Waals surface area contributed by atoms with Gasteiger partial charge < -0.3 is 25.4 Å². The smallest absolute Gasteiger partial charge is 0.272 e. The molecule has 8 nitrogen and oxygen atoms in total. The molecule has 0 fully saturated rings. The summed E-state index contributed by atoms with van der Waals surface area (Å²) in [6.07, 6.45) is 1.54. The molecule has 0 spiro atoms. The highest BCUT2D eigenvalue weighted by Gasteiger charge is 2.23. The van der Waals surface area contributed by atoms with Crippen molar-refractivity contribution in [2.45, 2.75) is 24.0 Å². The van der Waals surface area contributed by atoms with Gasteiger partial charge in [0.15, 0.2) is 0 Å². The van der Waals surface area contributed by atoms with E-state index in [9.17, 15) is 14.4 Å². The largest absolute Gasteiger partial charge is 0.497 e. The van der Waals surface area contributed by atoms with Gasteiger partial charge in [-0.05, 0) is 97.3 Å². The van der Waals surface area contributed by atoms with E-state index in [1.807, 2.05) is 80.6 Å². The Kier molecular flexibility index (Phi) is 11.5. The first-order valence-electron chi connectivity index (χ1n) is 15.6. The summed E-state index contributed by atoms with van der Waals surface area (Å²) < 4.78 is 10.9. The number of nitrogens with one attached hydrogen (secondary N) is 3. The number of rotatable bonds is 12. The highest BCUT2D eigenvalue weighted by atomic mass is 32.2. The van der Waals surface area contributed by atoms with E-state index < -0.39 is 17.1 Å². The number of anilines is 2. The van der Waals surface area contributed by atoms with Crippen LogP contribution in [-0.2, 0) is 9.59 Å². The van der Waals surface area contributed by atoms with Crippen LogP contribution in [-0.4, -0.2) is 31.9 Å². The predicted molar refractivity (Wildman–Crippen MR) is 196 cm³/mol. The molecular weight excluding hydrogens is 635 g/mol. The lowest BCUT2D eigenvalue weighted by molar-refractivity contribution is -0.116. The Morgan fingerprint density at radius 3 is 2.10 bits per heavy atom. The number of hydrogen-bond acceptors (Lipinski definition) is 6. The second kappa shape index (κ2) is 16.3. The first-order valence-corrected chi connectivity index (χ1v) is 16.4. The van der Waals surface area contributed by atoms with Crippen LogP contribution < -0.4 is 25.4 Å². The second-order valence-corrected chi connectivity index (χ2v) is 12.4. The van der Waals surface area contributed by atoms with Crippen molar-refractivity contribution < 1.29 is 23.9 Å². The van der Waals surface area contributed by atoms with Gasteiger partial charge in [0, 0.05) is 27.4 Å². The normalized spacial score (nSPS) is 11.6. The molecule has 3 N–H and O–H groups in total. The highest BCUT2D eigenvalue weighted by molar-refractivity contribution is 8.00. The van der Waals surface area contributed by atoms with Crippen LogP contribution in [0.5, 0.6) is 11.5 Å². The lowest BCUT2D eigenvalue weighted by Gasteiger charge is -2.18. The van der Waals surface area contributed by atoms with Gasteiger partial charge in [-0.3, -0.25) is 14.4 Å². The van der Waals surface area contributed by atoms with E-state index in [2.05, 4.69) is 16.0 Å². The molecule has 3 amide bonds. The number of ether oxygens (including phenoxy) is 2. The van der Waals surface area contributed by atoms with Crippen LogP contribution in [0.15, 0.2) is 132 Å². The quantitative estimate of drug-likeness (QED) is 0.0913. The average Bonchev–Trinajstić information content (AvgIpc) is 3.13. The molecular formula is C40H37N3O5S. The zero-order chi connectivity index (χ0) is 34.8. The van der Waals surface area contributed by atoms with Gasteiger partial charge in [-0.2, -0.15) is 0 Å². The standard InChI is InChI=1S/C40H37N3O5S/c1-26-15-16-27(2)34(23-26)42-40(46)37(28-11-7-5-8-12-28)49-33-20-17-31(18-21-33)41-39(45)35(43-38(44)29-13-9-6-10-14-29)25-30-24-32(47-3)19-22-36(30)48-4/h5-25,37H,1-4H3,(H,41,45)(H,42,46)(H,43,44)/b35-25-. The Morgan fingerprint density at radius 1 is 0.735 bits per heavy atom. The summed E-state index contributed by atoms with van der Waals surface area (Å²) in [7, 11) is 3.07. The third kappa shape index (κ3) is 9.18. The van der Waals surface area contributed by atoms with Crippen molar-refractivity contribution in [3.8, 4) is 11.5 Å². The van der Waals surface area contributed by atoms with Crippen molar-refractivity contribution in [2.24, 2.45) is 0 Å². The molecule has 5 aromatic rings. The molecule has 0 saturated carbocycles. The summed E-state index contributed by atoms with van der Waals surface area (Å²) >= 11 is 1.41. The number of carbonyl (C=O) groups excluding carboxylic acids is 3. The molecule has 0 aliphatic heterocycles. The lowest BCUT2D eigenvalue weighted by Crippen LogP contribution is -2.30. The zero-order valence-electron chi connectivity index (χ0n) is 27.7. The van der Waals surface area contributed by atoms with Crippen LogP contribution in [0.2, 0.25) is 0 Å². The molecule has 0 aliphatic carbocycles. The van der Waals surface area contributed by atoms with Crippen molar-refractivity contribution in [1.29, 1.82) is 0 Å². The van der Waals surface area contributed by atoms with Crippen molar-refractivity contribution in [3.63, 3.8) is 0 Å². The predicted octanol–water partition coefficient (Wildman–Crippen LogP) is 8.20. The van der Waals surface area contributed by atoms with Gasteiger partial charge >= 0.3 is 0 Å². The van der Waals surface area contributed by atoms with E-state index in [1.165, 1.54) is 18.9 Å². The van der Waals surface area contributed by atoms with Gasteiger partial charge in [0.25, 0.3) is 11.8 Å². The summed E-state index contributed by atoms with van der Waals surface area (Å²) in [6, 6.07) is 36.6.